The summed E-state index contributed by atoms with van der Waals surface area (Å²) in [6.45, 7) is 4.40. The van der Waals surface area contributed by atoms with E-state index in [2.05, 4.69) is 19.9 Å². The van der Waals surface area contributed by atoms with Crippen molar-refractivity contribution in [2.75, 3.05) is 45.2 Å². The van der Waals surface area contributed by atoms with E-state index in [1.165, 1.54) is 4.73 Å². The maximum absolute atomic E-state index is 8.39. The maximum atomic E-state index is 8.39. The number of fused-ring (bicyclic) bond motifs is 1. The van der Waals surface area contributed by atoms with Gasteiger partial charge in [-0.25, -0.2) is 4.98 Å². The Kier molecular flexibility index (Phi) is 4.55. The number of rotatable bonds is 5. The molecule has 9 heteroatoms. The van der Waals surface area contributed by atoms with E-state index < -0.39 is 0 Å². The summed E-state index contributed by atoms with van der Waals surface area (Å²) in [6, 6.07) is 9.69. The van der Waals surface area contributed by atoms with E-state index in [1.807, 2.05) is 30.3 Å². The Bertz CT molecular complexity index is 945. The quantitative estimate of drug-likeness (QED) is 0.604. The Morgan fingerprint density at radius 3 is 2.73 bits per heavy atom. The molecule has 0 radical (unpaired) electrons. The van der Waals surface area contributed by atoms with Gasteiger partial charge < -0.3 is 20.3 Å². The first-order chi connectivity index (χ1) is 12.7. The second-order valence-corrected chi connectivity index (χ2v) is 6.05. The molecule has 0 aliphatic carbocycles. The molecule has 0 atom stereocenters. The fourth-order valence-corrected chi connectivity index (χ4v) is 2.93. The van der Waals surface area contributed by atoms with E-state index in [9.17, 15) is 0 Å². The van der Waals surface area contributed by atoms with Gasteiger partial charge >= 0.3 is 0 Å². The number of ether oxygens (including phenoxy) is 1. The molecular formula is C17H21N7O2. The van der Waals surface area contributed by atoms with Crippen LogP contribution < -0.4 is 16.1 Å². The molecule has 0 unspecified atom stereocenters. The number of imidazole rings is 1. The van der Waals surface area contributed by atoms with Crippen LogP contribution in [0.3, 0.4) is 0 Å². The van der Waals surface area contributed by atoms with Crippen molar-refractivity contribution < 1.29 is 9.57 Å². The van der Waals surface area contributed by atoms with Crippen LogP contribution in [0.2, 0.25) is 0 Å². The largest absolute Gasteiger partial charge is 0.407 e. The number of H-pyrrole nitrogens is 1. The van der Waals surface area contributed by atoms with Gasteiger partial charge in [0, 0.05) is 25.2 Å². The number of morpholine rings is 1. The summed E-state index contributed by atoms with van der Waals surface area (Å²) in [7, 11) is 0. The number of nitrogens with zero attached hydrogens (tertiary/aromatic N) is 4. The molecule has 136 valence electrons. The van der Waals surface area contributed by atoms with Crippen LogP contribution in [0.5, 0.6) is 0 Å². The summed E-state index contributed by atoms with van der Waals surface area (Å²) in [5, 5.41) is 8.39. The lowest BCUT2D eigenvalue weighted by molar-refractivity contribution is 0.0164. The number of nitrogens with two attached hydrogens (primary N) is 1. The molecule has 0 amide bonds. The van der Waals surface area contributed by atoms with Gasteiger partial charge in [-0.3, -0.25) is 10.3 Å². The summed E-state index contributed by atoms with van der Waals surface area (Å²) < 4.78 is 6.58. The number of benzene rings is 1. The van der Waals surface area contributed by atoms with Gasteiger partial charge in [-0.05, 0) is 0 Å². The van der Waals surface area contributed by atoms with Crippen molar-refractivity contribution in [3.05, 3.63) is 35.8 Å². The number of anilines is 1. The van der Waals surface area contributed by atoms with E-state index in [1.54, 1.807) is 0 Å². The molecule has 0 spiro atoms. The molecule has 2 aromatic heterocycles. The van der Waals surface area contributed by atoms with Crippen molar-refractivity contribution in [3.8, 4) is 11.4 Å². The molecule has 26 heavy (non-hydrogen) atoms. The average Bonchev–Trinajstić information content (AvgIpc) is 3.10. The lowest BCUT2D eigenvalue weighted by atomic mass is 10.2. The molecule has 0 bridgehead atoms. The topological polar surface area (TPSA) is 118 Å². The highest BCUT2D eigenvalue weighted by atomic mass is 16.7. The zero-order chi connectivity index (χ0) is 17.9. The number of aromatic amines is 1. The van der Waals surface area contributed by atoms with E-state index in [0.717, 1.165) is 38.4 Å². The second kappa shape index (κ2) is 7.14. The summed E-state index contributed by atoms with van der Waals surface area (Å²) in [5.74, 6) is 0.752. The van der Waals surface area contributed by atoms with Crippen molar-refractivity contribution in [3.63, 3.8) is 0 Å². The van der Waals surface area contributed by atoms with Gasteiger partial charge in [0.2, 0.25) is 5.95 Å². The normalized spacial score (nSPS) is 15.4. The van der Waals surface area contributed by atoms with Gasteiger partial charge in [0.25, 0.3) is 0 Å². The van der Waals surface area contributed by atoms with Crippen LogP contribution in [-0.4, -0.2) is 64.0 Å². The minimum absolute atomic E-state index is 0.101. The lowest BCUT2D eigenvalue weighted by Crippen LogP contribution is -2.41. The third-order valence-corrected chi connectivity index (χ3v) is 4.33. The lowest BCUT2D eigenvalue weighted by Gasteiger charge is -2.26. The molecule has 1 aromatic carbocycles. The molecule has 4 rings (SSSR count). The Labute approximate surface area is 149 Å². The Morgan fingerprint density at radius 2 is 1.96 bits per heavy atom. The third kappa shape index (κ3) is 3.26. The zero-order valence-corrected chi connectivity index (χ0v) is 14.3. The van der Waals surface area contributed by atoms with Gasteiger partial charge in [-0.15, -0.1) is 4.73 Å². The van der Waals surface area contributed by atoms with Crippen LogP contribution in [-0.2, 0) is 4.74 Å². The van der Waals surface area contributed by atoms with Crippen molar-refractivity contribution >= 4 is 17.1 Å². The van der Waals surface area contributed by atoms with Crippen molar-refractivity contribution in [2.24, 2.45) is 0 Å². The summed E-state index contributed by atoms with van der Waals surface area (Å²) in [6.07, 6.45) is 0. The third-order valence-electron chi connectivity index (χ3n) is 4.33. The molecule has 9 nitrogen and oxygen atoms in total. The predicted molar refractivity (Wildman–Crippen MR) is 96.3 cm³/mol. The number of nitrogens with one attached hydrogen (secondary N) is 2. The van der Waals surface area contributed by atoms with Crippen LogP contribution >= 0.6 is 0 Å². The molecule has 3 aromatic rings. The van der Waals surface area contributed by atoms with Crippen molar-refractivity contribution in [2.45, 2.75) is 0 Å². The van der Waals surface area contributed by atoms with E-state index in [0.29, 0.717) is 23.6 Å². The highest BCUT2D eigenvalue weighted by Crippen LogP contribution is 2.17. The molecule has 1 saturated heterocycles. The fraction of sp³-hybridized carbons (Fsp3) is 0.353. The first kappa shape index (κ1) is 16.6. The first-order valence-electron chi connectivity index (χ1n) is 8.54. The van der Waals surface area contributed by atoms with Crippen molar-refractivity contribution in [1.82, 2.24) is 24.6 Å². The van der Waals surface area contributed by atoms with E-state index in [4.69, 9.17) is 20.7 Å². The Morgan fingerprint density at radius 1 is 1.19 bits per heavy atom. The predicted octanol–water partition coefficient (Wildman–Crippen LogP) is 0.249. The zero-order valence-electron chi connectivity index (χ0n) is 14.3. The average molecular weight is 355 g/mol. The standard InChI is InChI=1S/C17H21N7O2/c18-14-13-16(21-15(20-13)12-4-2-1-3-5-12)22-17(19)24(14)26-11-8-23-6-9-25-10-7-23/h1-5,18H,6-11H2,(H2,19,22)(H,20,21). The summed E-state index contributed by atoms with van der Waals surface area (Å²) in [4.78, 5) is 19.8. The van der Waals surface area contributed by atoms with Crippen LogP contribution in [0, 0.1) is 5.41 Å². The number of hydrogen-bond donors (Lipinski definition) is 3. The molecule has 4 N–H and O–H groups in total. The van der Waals surface area contributed by atoms with Crippen LogP contribution in [0.1, 0.15) is 0 Å². The highest BCUT2D eigenvalue weighted by molar-refractivity contribution is 5.75. The van der Waals surface area contributed by atoms with Gasteiger partial charge in [0.15, 0.2) is 11.1 Å². The minimum atomic E-state index is 0.101. The smallest absolute Gasteiger partial charge is 0.238 e. The SMILES string of the molecule is N=c1c2[nH]c(-c3ccccc3)nc2nc(N)n1OCCN1CCOCC1. The summed E-state index contributed by atoms with van der Waals surface area (Å²) >= 11 is 0. The van der Waals surface area contributed by atoms with Gasteiger partial charge in [-0.1, -0.05) is 30.3 Å². The maximum Gasteiger partial charge on any atom is 0.238 e. The fourth-order valence-electron chi connectivity index (χ4n) is 2.93. The first-order valence-corrected chi connectivity index (χ1v) is 8.54. The monoisotopic (exact) mass is 355 g/mol. The molecule has 3 heterocycles. The van der Waals surface area contributed by atoms with Crippen LogP contribution in [0.25, 0.3) is 22.6 Å². The van der Waals surface area contributed by atoms with Gasteiger partial charge in [0.1, 0.15) is 17.9 Å². The number of hydrogen-bond acceptors (Lipinski definition) is 7. The van der Waals surface area contributed by atoms with Crippen molar-refractivity contribution in [1.29, 1.82) is 5.41 Å². The second-order valence-electron chi connectivity index (χ2n) is 6.05. The van der Waals surface area contributed by atoms with Crippen LogP contribution in [0.4, 0.5) is 5.95 Å². The highest BCUT2D eigenvalue weighted by Gasteiger charge is 2.14. The van der Waals surface area contributed by atoms with Gasteiger partial charge in [-0.2, -0.15) is 4.98 Å². The summed E-state index contributed by atoms with van der Waals surface area (Å²) in [5.41, 5.74) is 7.89. The molecule has 0 saturated carbocycles. The minimum Gasteiger partial charge on any atom is -0.407 e. The molecule has 1 aliphatic heterocycles. The van der Waals surface area contributed by atoms with E-state index in [-0.39, 0.29) is 11.4 Å². The Hall–Kier alpha value is -2.91. The van der Waals surface area contributed by atoms with Gasteiger partial charge in [0.05, 0.1) is 13.2 Å². The Balaban J connectivity index is 1.56. The molecule has 1 aliphatic rings. The van der Waals surface area contributed by atoms with Crippen LogP contribution in [0.15, 0.2) is 30.3 Å². The number of aromatic nitrogens is 4. The molecular weight excluding hydrogens is 334 g/mol. The number of nitrogen functional groups attached to an aromatic ring is 1. The molecule has 1 fully saturated rings. The van der Waals surface area contributed by atoms with E-state index >= 15 is 0 Å².